The molecule has 0 fully saturated rings. The van der Waals surface area contributed by atoms with E-state index in [1.165, 1.54) is 0 Å². The molecule has 8 nitrogen and oxygen atoms in total. The number of tetrazole rings is 1. The number of halogens is 1. The molecule has 0 bridgehead atoms. The lowest BCUT2D eigenvalue weighted by Crippen LogP contribution is -2.13. The van der Waals surface area contributed by atoms with Crippen molar-refractivity contribution in [2.45, 2.75) is 38.8 Å². The van der Waals surface area contributed by atoms with Crippen LogP contribution >= 0.6 is 11.6 Å². The van der Waals surface area contributed by atoms with Crippen molar-refractivity contribution in [1.82, 2.24) is 30.2 Å². The lowest BCUT2D eigenvalue weighted by atomic mass is 9.98. The summed E-state index contributed by atoms with van der Waals surface area (Å²) in [5, 5.41) is 24.4. The van der Waals surface area contributed by atoms with Gasteiger partial charge in [-0.25, -0.2) is 4.98 Å². The number of benzene rings is 2. The zero-order chi connectivity index (χ0) is 22.5. The molecule has 0 radical (unpaired) electrons. The summed E-state index contributed by atoms with van der Waals surface area (Å²) >= 11 is 6.26. The standard InChI is InChI=1S/C23H23ClN6O2/c1-2-5-17(13-31)23-25-21(24)20(14-32)30(23)12-15-8-10-16(11-9-15)18-6-3-4-7-19(18)22-26-28-29-27-22/h3-4,6-11,13,17,32H,2,5,12,14H2,1H3,(H,26,27,28,29). The lowest BCUT2D eigenvalue weighted by molar-refractivity contribution is -0.109. The van der Waals surface area contributed by atoms with E-state index >= 15 is 0 Å². The summed E-state index contributed by atoms with van der Waals surface area (Å²) in [7, 11) is 0. The van der Waals surface area contributed by atoms with E-state index < -0.39 is 0 Å². The van der Waals surface area contributed by atoms with E-state index in [1.807, 2.05) is 60.0 Å². The Balaban J connectivity index is 1.66. The summed E-state index contributed by atoms with van der Waals surface area (Å²) in [6.07, 6.45) is 2.42. The number of hydrogen-bond acceptors (Lipinski definition) is 6. The number of nitrogens with one attached hydrogen (secondary N) is 1. The van der Waals surface area contributed by atoms with Crippen molar-refractivity contribution in [1.29, 1.82) is 0 Å². The van der Waals surface area contributed by atoms with Crippen LogP contribution in [0.2, 0.25) is 5.15 Å². The Bertz CT molecular complexity index is 1190. The number of aliphatic hydroxyl groups excluding tert-OH is 1. The van der Waals surface area contributed by atoms with E-state index in [0.717, 1.165) is 35.0 Å². The minimum absolute atomic E-state index is 0.233. The van der Waals surface area contributed by atoms with Gasteiger partial charge in [0.2, 0.25) is 5.82 Å². The van der Waals surface area contributed by atoms with Crippen LogP contribution in [0.25, 0.3) is 22.5 Å². The highest BCUT2D eigenvalue weighted by Gasteiger charge is 2.22. The Morgan fingerprint density at radius 1 is 1.16 bits per heavy atom. The van der Waals surface area contributed by atoms with Gasteiger partial charge >= 0.3 is 0 Å². The fourth-order valence-electron chi connectivity index (χ4n) is 3.83. The molecule has 0 spiro atoms. The molecule has 2 heterocycles. The fraction of sp³-hybridized carbons (Fsp3) is 0.261. The van der Waals surface area contributed by atoms with Crippen LogP contribution in [0.15, 0.2) is 48.5 Å². The van der Waals surface area contributed by atoms with Gasteiger partial charge in [-0.3, -0.25) is 0 Å². The summed E-state index contributed by atoms with van der Waals surface area (Å²) < 4.78 is 1.85. The normalized spacial score (nSPS) is 12.1. The van der Waals surface area contributed by atoms with Crippen molar-refractivity contribution in [3.8, 4) is 22.5 Å². The van der Waals surface area contributed by atoms with Gasteiger partial charge < -0.3 is 14.5 Å². The number of rotatable bonds is 9. The molecule has 0 aliphatic heterocycles. The Morgan fingerprint density at radius 2 is 1.91 bits per heavy atom. The molecule has 0 saturated carbocycles. The Hall–Kier alpha value is -3.36. The Labute approximate surface area is 190 Å². The summed E-state index contributed by atoms with van der Waals surface area (Å²) in [4.78, 5) is 16.1. The van der Waals surface area contributed by atoms with Crippen LogP contribution < -0.4 is 0 Å². The predicted molar refractivity (Wildman–Crippen MR) is 121 cm³/mol. The molecule has 0 aliphatic carbocycles. The molecular formula is C23H23ClN6O2. The van der Waals surface area contributed by atoms with E-state index in [0.29, 0.717) is 30.3 Å². The first kappa shape index (κ1) is 21.9. The minimum atomic E-state index is -0.362. The number of aldehydes is 1. The van der Waals surface area contributed by atoms with Crippen LogP contribution in [0, 0.1) is 0 Å². The van der Waals surface area contributed by atoms with E-state index in [9.17, 15) is 9.90 Å². The topological polar surface area (TPSA) is 110 Å². The van der Waals surface area contributed by atoms with Crippen LogP contribution in [0.4, 0.5) is 0 Å². The molecule has 0 amide bonds. The van der Waals surface area contributed by atoms with Crippen LogP contribution in [-0.4, -0.2) is 41.6 Å². The monoisotopic (exact) mass is 450 g/mol. The predicted octanol–water partition coefficient (Wildman–Crippen LogP) is 4.01. The van der Waals surface area contributed by atoms with Crippen molar-refractivity contribution in [2.75, 3.05) is 0 Å². The molecule has 4 rings (SSSR count). The van der Waals surface area contributed by atoms with Crippen molar-refractivity contribution in [3.63, 3.8) is 0 Å². The van der Waals surface area contributed by atoms with Gasteiger partial charge in [0.15, 0.2) is 5.15 Å². The molecule has 2 aromatic heterocycles. The number of carbonyl (C=O) groups excluding carboxylic acids is 1. The van der Waals surface area contributed by atoms with Crippen LogP contribution in [0.5, 0.6) is 0 Å². The Kier molecular flexibility index (Phi) is 6.72. The van der Waals surface area contributed by atoms with Gasteiger partial charge in [-0.05, 0) is 28.3 Å². The first-order valence-corrected chi connectivity index (χ1v) is 10.8. The van der Waals surface area contributed by atoms with Crippen LogP contribution in [0.1, 0.15) is 42.8 Å². The minimum Gasteiger partial charge on any atom is -0.390 e. The summed E-state index contributed by atoms with van der Waals surface area (Å²) in [6.45, 7) is 2.22. The highest BCUT2D eigenvalue weighted by atomic mass is 35.5. The second-order valence-corrected chi connectivity index (χ2v) is 7.82. The summed E-state index contributed by atoms with van der Waals surface area (Å²) in [6, 6.07) is 15.9. The molecular weight excluding hydrogens is 428 g/mol. The largest absolute Gasteiger partial charge is 0.390 e. The van der Waals surface area contributed by atoms with Gasteiger partial charge in [0.25, 0.3) is 0 Å². The smallest absolute Gasteiger partial charge is 0.205 e. The lowest BCUT2D eigenvalue weighted by Gasteiger charge is -2.15. The van der Waals surface area contributed by atoms with Gasteiger partial charge in [-0.1, -0.05) is 73.5 Å². The number of H-pyrrole nitrogens is 1. The number of imidazole rings is 1. The van der Waals surface area contributed by atoms with Gasteiger partial charge in [0, 0.05) is 12.1 Å². The molecule has 1 unspecified atom stereocenters. The number of aliphatic hydroxyl groups is 1. The first-order valence-electron chi connectivity index (χ1n) is 10.4. The van der Waals surface area contributed by atoms with E-state index in [1.54, 1.807) is 0 Å². The number of aromatic nitrogens is 6. The molecule has 0 saturated heterocycles. The molecule has 2 N–H and O–H groups in total. The maximum absolute atomic E-state index is 11.7. The second kappa shape index (κ2) is 9.84. The molecule has 4 aromatic rings. The molecule has 1 atom stereocenters. The van der Waals surface area contributed by atoms with Gasteiger partial charge in [-0.15, -0.1) is 10.2 Å². The van der Waals surface area contributed by atoms with E-state index in [2.05, 4.69) is 25.6 Å². The van der Waals surface area contributed by atoms with Crippen molar-refractivity contribution in [3.05, 3.63) is 70.8 Å². The average molecular weight is 451 g/mol. The highest BCUT2D eigenvalue weighted by Crippen LogP contribution is 2.31. The van der Waals surface area contributed by atoms with E-state index in [4.69, 9.17) is 11.6 Å². The third-order valence-electron chi connectivity index (χ3n) is 5.42. The summed E-state index contributed by atoms with van der Waals surface area (Å²) in [5.41, 5.74) is 4.39. The molecule has 0 aliphatic rings. The van der Waals surface area contributed by atoms with Crippen molar-refractivity contribution < 1.29 is 9.90 Å². The molecule has 9 heteroatoms. The maximum atomic E-state index is 11.7. The zero-order valence-corrected chi connectivity index (χ0v) is 18.3. The van der Waals surface area contributed by atoms with Crippen molar-refractivity contribution in [2.24, 2.45) is 0 Å². The average Bonchev–Trinajstić information content (AvgIpc) is 3.46. The summed E-state index contributed by atoms with van der Waals surface area (Å²) in [5.74, 6) is 0.757. The third kappa shape index (κ3) is 4.32. The number of carbonyl (C=O) groups is 1. The highest BCUT2D eigenvalue weighted by molar-refractivity contribution is 6.30. The van der Waals surface area contributed by atoms with Gasteiger partial charge in [-0.2, -0.15) is 5.21 Å². The number of aromatic amines is 1. The molecule has 32 heavy (non-hydrogen) atoms. The SMILES string of the molecule is CCCC(C=O)c1nc(Cl)c(CO)n1Cc1ccc(-c2ccccc2-c2nn[nH]n2)cc1. The molecule has 164 valence electrons. The van der Waals surface area contributed by atoms with Crippen LogP contribution in [0.3, 0.4) is 0 Å². The number of nitrogens with zero attached hydrogens (tertiary/aromatic N) is 5. The Morgan fingerprint density at radius 3 is 2.53 bits per heavy atom. The van der Waals surface area contributed by atoms with Crippen LogP contribution in [-0.2, 0) is 17.9 Å². The first-order chi connectivity index (χ1) is 15.7. The number of hydrogen-bond donors (Lipinski definition) is 2. The second-order valence-electron chi connectivity index (χ2n) is 7.46. The molecule has 2 aromatic carbocycles. The van der Waals surface area contributed by atoms with Gasteiger partial charge in [0.1, 0.15) is 12.1 Å². The fourth-order valence-corrected chi connectivity index (χ4v) is 4.08. The third-order valence-corrected chi connectivity index (χ3v) is 5.72. The zero-order valence-electron chi connectivity index (χ0n) is 17.6. The maximum Gasteiger partial charge on any atom is 0.205 e. The quantitative estimate of drug-likeness (QED) is 0.373. The van der Waals surface area contributed by atoms with Crippen molar-refractivity contribution >= 4 is 17.9 Å². The van der Waals surface area contributed by atoms with E-state index in [-0.39, 0.29) is 17.7 Å². The van der Waals surface area contributed by atoms with Gasteiger partial charge in [0.05, 0.1) is 18.2 Å².